The molecule has 1 saturated carbocycles. The predicted molar refractivity (Wildman–Crippen MR) is 64.2 cm³/mol. The van der Waals surface area contributed by atoms with Crippen LogP contribution >= 0.6 is 0 Å². The molecule has 2 rings (SSSR count). The number of hydrogen-bond donors (Lipinski definition) is 0. The van der Waals surface area contributed by atoms with Gasteiger partial charge in [0.25, 0.3) is 0 Å². The first-order valence-electron chi connectivity index (χ1n) is 5.87. The highest BCUT2D eigenvalue weighted by Crippen LogP contribution is 2.27. The lowest BCUT2D eigenvalue weighted by Gasteiger charge is -2.23. The highest BCUT2D eigenvalue weighted by Gasteiger charge is 2.18. The Balaban J connectivity index is 2.08. The second-order valence-electron chi connectivity index (χ2n) is 4.51. The summed E-state index contributed by atoms with van der Waals surface area (Å²) in [6.45, 7) is 1.04. The van der Waals surface area contributed by atoms with Gasteiger partial charge in [-0.25, -0.2) is 4.98 Å². The molecule has 0 amide bonds. The molecule has 1 fully saturated rings. The normalized spacial score (nSPS) is 16.0. The van der Waals surface area contributed by atoms with Crippen LogP contribution in [0.25, 0.3) is 0 Å². The molecule has 0 bridgehead atoms. The fourth-order valence-corrected chi connectivity index (χ4v) is 2.47. The van der Waals surface area contributed by atoms with Gasteiger partial charge in [0.1, 0.15) is 6.07 Å². The van der Waals surface area contributed by atoms with Gasteiger partial charge in [-0.05, 0) is 30.9 Å². The molecule has 0 spiro atoms. The van der Waals surface area contributed by atoms with E-state index < -0.39 is 0 Å². The molecule has 3 heteroatoms. The lowest BCUT2D eigenvalue weighted by molar-refractivity contribution is 0.546. The lowest BCUT2D eigenvalue weighted by Crippen LogP contribution is -2.24. The second-order valence-corrected chi connectivity index (χ2v) is 4.51. The topological polar surface area (TPSA) is 39.9 Å². The van der Waals surface area contributed by atoms with Gasteiger partial charge in [-0.1, -0.05) is 12.8 Å². The highest BCUT2D eigenvalue weighted by molar-refractivity contribution is 5.55. The van der Waals surface area contributed by atoms with Gasteiger partial charge in [-0.2, -0.15) is 5.26 Å². The summed E-state index contributed by atoms with van der Waals surface area (Å²) in [7, 11) is 2.05. The van der Waals surface area contributed by atoms with Crippen molar-refractivity contribution in [3.05, 3.63) is 24.0 Å². The quantitative estimate of drug-likeness (QED) is 0.778. The van der Waals surface area contributed by atoms with Crippen molar-refractivity contribution in [2.45, 2.75) is 25.7 Å². The molecule has 0 aliphatic heterocycles. The lowest BCUT2D eigenvalue weighted by atomic mass is 10.1. The second kappa shape index (κ2) is 4.98. The fourth-order valence-electron chi connectivity index (χ4n) is 2.47. The van der Waals surface area contributed by atoms with Gasteiger partial charge in [-0.15, -0.1) is 0 Å². The molecule has 16 heavy (non-hydrogen) atoms. The zero-order valence-electron chi connectivity index (χ0n) is 9.69. The molecule has 0 radical (unpaired) electrons. The molecule has 84 valence electrons. The third-order valence-corrected chi connectivity index (χ3v) is 3.31. The maximum absolute atomic E-state index is 8.99. The van der Waals surface area contributed by atoms with E-state index in [0.717, 1.165) is 18.2 Å². The molecule has 0 saturated heterocycles. The zero-order chi connectivity index (χ0) is 11.4. The summed E-state index contributed by atoms with van der Waals surface area (Å²) in [6, 6.07) is 6.01. The monoisotopic (exact) mass is 215 g/mol. The van der Waals surface area contributed by atoms with Crippen molar-refractivity contribution in [1.29, 1.82) is 5.26 Å². The summed E-state index contributed by atoms with van der Waals surface area (Å²) >= 11 is 0. The van der Waals surface area contributed by atoms with Crippen LogP contribution in [0.15, 0.2) is 18.3 Å². The summed E-state index contributed by atoms with van der Waals surface area (Å²) < 4.78 is 0. The van der Waals surface area contributed by atoms with Crippen molar-refractivity contribution in [2.24, 2.45) is 5.92 Å². The summed E-state index contributed by atoms with van der Waals surface area (Å²) in [5.74, 6) is 0.789. The number of anilines is 1. The van der Waals surface area contributed by atoms with Crippen LogP contribution in [0.3, 0.4) is 0 Å². The Labute approximate surface area is 96.7 Å². The van der Waals surface area contributed by atoms with Crippen molar-refractivity contribution in [2.75, 3.05) is 18.5 Å². The van der Waals surface area contributed by atoms with Crippen LogP contribution in [0.4, 0.5) is 5.69 Å². The van der Waals surface area contributed by atoms with Crippen molar-refractivity contribution in [1.82, 2.24) is 4.98 Å². The average Bonchev–Trinajstić information content (AvgIpc) is 2.81. The Morgan fingerprint density at radius 1 is 1.50 bits per heavy atom. The summed E-state index contributed by atoms with van der Waals surface area (Å²) in [5, 5.41) is 8.99. The van der Waals surface area contributed by atoms with Crippen LogP contribution in [0.2, 0.25) is 0 Å². The molecule has 0 atom stereocenters. The van der Waals surface area contributed by atoms with E-state index in [1.54, 1.807) is 6.20 Å². The largest absolute Gasteiger partial charge is 0.372 e. The van der Waals surface area contributed by atoms with Crippen LogP contribution in [-0.4, -0.2) is 18.6 Å². The molecular weight excluding hydrogens is 198 g/mol. The summed E-state index contributed by atoms with van der Waals surface area (Å²) in [5.41, 5.74) is 1.49. The summed E-state index contributed by atoms with van der Waals surface area (Å²) in [6.07, 6.45) is 7.04. The number of nitrogens with zero attached hydrogens (tertiary/aromatic N) is 3. The Morgan fingerprint density at radius 3 is 2.94 bits per heavy atom. The van der Waals surface area contributed by atoms with Gasteiger partial charge in [0, 0.05) is 19.8 Å². The van der Waals surface area contributed by atoms with E-state index in [9.17, 15) is 0 Å². The first-order valence-corrected chi connectivity index (χ1v) is 5.87. The molecule has 0 aromatic carbocycles. The fraction of sp³-hybridized carbons (Fsp3) is 0.538. The van der Waals surface area contributed by atoms with Crippen LogP contribution in [0.5, 0.6) is 0 Å². The van der Waals surface area contributed by atoms with Crippen LogP contribution in [0, 0.1) is 17.2 Å². The third-order valence-electron chi connectivity index (χ3n) is 3.31. The van der Waals surface area contributed by atoms with E-state index in [0.29, 0.717) is 5.69 Å². The molecule has 0 N–H and O–H groups in total. The minimum Gasteiger partial charge on any atom is -0.372 e. The average molecular weight is 215 g/mol. The Kier molecular flexibility index (Phi) is 3.40. The standard InChI is InChI=1S/C13H17N3/c1-16(10-11-5-2-3-6-11)13-7-4-8-15-12(13)9-14/h4,7-8,11H,2-3,5-6,10H2,1H3. The van der Waals surface area contributed by atoms with E-state index in [1.165, 1.54) is 25.7 Å². The number of hydrogen-bond acceptors (Lipinski definition) is 3. The number of pyridine rings is 1. The van der Waals surface area contributed by atoms with E-state index >= 15 is 0 Å². The maximum atomic E-state index is 8.99. The van der Waals surface area contributed by atoms with E-state index in [1.807, 2.05) is 12.1 Å². The van der Waals surface area contributed by atoms with Gasteiger partial charge >= 0.3 is 0 Å². The van der Waals surface area contributed by atoms with Gasteiger partial charge in [-0.3, -0.25) is 0 Å². The SMILES string of the molecule is CN(CC1CCCC1)c1cccnc1C#N. The highest BCUT2D eigenvalue weighted by atomic mass is 15.1. The summed E-state index contributed by atoms with van der Waals surface area (Å²) in [4.78, 5) is 6.26. The molecule has 1 heterocycles. The molecule has 1 aromatic rings. The van der Waals surface area contributed by atoms with Crippen molar-refractivity contribution in [3.8, 4) is 6.07 Å². The Morgan fingerprint density at radius 2 is 2.25 bits per heavy atom. The van der Waals surface area contributed by atoms with Gasteiger partial charge in [0.05, 0.1) is 5.69 Å². The molecule has 3 nitrogen and oxygen atoms in total. The third kappa shape index (κ3) is 2.33. The van der Waals surface area contributed by atoms with E-state index in [-0.39, 0.29) is 0 Å². The van der Waals surface area contributed by atoms with Crippen molar-refractivity contribution < 1.29 is 0 Å². The Bertz CT molecular complexity index is 388. The zero-order valence-corrected chi connectivity index (χ0v) is 9.69. The van der Waals surface area contributed by atoms with Crippen molar-refractivity contribution >= 4 is 5.69 Å². The molecular formula is C13H17N3. The smallest absolute Gasteiger partial charge is 0.163 e. The number of rotatable bonds is 3. The van der Waals surface area contributed by atoms with Gasteiger partial charge < -0.3 is 4.90 Å². The Hall–Kier alpha value is -1.56. The first-order chi connectivity index (χ1) is 7.81. The molecule has 1 aromatic heterocycles. The van der Waals surface area contributed by atoms with E-state index in [4.69, 9.17) is 5.26 Å². The minimum atomic E-state index is 0.531. The molecule has 1 aliphatic rings. The van der Waals surface area contributed by atoms with Crippen LogP contribution in [0.1, 0.15) is 31.4 Å². The van der Waals surface area contributed by atoms with Gasteiger partial charge in [0.2, 0.25) is 0 Å². The predicted octanol–water partition coefficient (Wildman–Crippen LogP) is 2.58. The first kappa shape index (κ1) is 10.9. The number of nitriles is 1. The minimum absolute atomic E-state index is 0.531. The number of aromatic nitrogens is 1. The maximum Gasteiger partial charge on any atom is 0.163 e. The van der Waals surface area contributed by atoms with Gasteiger partial charge in [0.15, 0.2) is 5.69 Å². The molecule has 0 unspecified atom stereocenters. The van der Waals surface area contributed by atoms with Crippen molar-refractivity contribution in [3.63, 3.8) is 0 Å². The van der Waals surface area contributed by atoms with Crippen LogP contribution < -0.4 is 4.90 Å². The van der Waals surface area contributed by atoms with E-state index in [2.05, 4.69) is 23.0 Å². The molecule has 1 aliphatic carbocycles. The van der Waals surface area contributed by atoms with Crippen LogP contribution in [-0.2, 0) is 0 Å².